The number of rotatable bonds is 1. The Morgan fingerprint density at radius 2 is 1.63 bits per heavy atom. The molecule has 0 aliphatic rings. The van der Waals surface area contributed by atoms with Crippen LogP contribution in [0.25, 0.3) is 21.5 Å². The van der Waals surface area contributed by atoms with Gasteiger partial charge in [0, 0.05) is 5.39 Å². The van der Waals surface area contributed by atoms with Gasteiger partial charge in [0.1, 0.15) is 11.3 Å². The molecule has 0 amide bonds. The van der Waals surface area contributed by atoms with Crippen molar-refractivity contribution in [1.29, 1.82) is 0 Å². The number of phenols is 1. The standard InChI is InChI=1S/C15H9ClO3/c16-13-11-6-9-4-2-1-3-8(9)5-10(11)7-12(14(13)17)15(18)19/h1-7,17H,(H,18,19). The normalized spacial score (nSPS) is 11.0. The Morgan fingerprint density at radius 3 is 2.26 bits per heavy atom. The maximum Gasteiger partial charge on any atom is 0.339 e. The van der Waals surface area contributed by atoms with Crippen molar-refractivity contribution in [2.24, 2.45) is 0 Å². The summed E-state index contributed by atoms with van der Waals surface area (Å²) in [7, 11) is 0. The summed E-state index contributed by atoms with van der Waals surface area (Å²) in [4.78, 5) is 11.1. The lowest BCUT2D eigenvalue weighted by atomic mass is 10.0. The van der Waals surface area contributed by atoms with Crippen LogP contribution < -0.4 is 0 Å². The van der Waals surface area contributed by atoms with E-state index in [2.05, 4.69) is 0 Å². The highest BCUT2D eigenvalue weighted by atomic mass is 35.5. The third-order valence-electron chi connectivity index (χ3n) is 3.15. The summed E-state index contributed by atoms with van der Waals surface area (Å²) in [5, 5.41) is 22.3. The molecule has 0 bridgehead atoms. The van der Waals surface area contributed by atoms with Crippen LogP contribution in [0.1, 0.15) is 10.4 Å². The van der Waals surface area contributed by atoms with Crippen molar-refractivity contribution in [3.05, 3.63) is 53.1 Å². The van der Waals surface area contributed by atoms with Crippen molar-refractivity contribution in [3.63, 3.8) is 0 Å². The quantitative estimate of drug-likeness (QED) is 0.657. The topological polar surface area (TPSA) is 57.5 Å². The van der Waals surface area contributed by atoms with E-state index in [1.807, 2.05) is 36.4 Å². The van der Waals surface area contributed by atoms with Crippen LogP contribution in [0.15, 0.2) is 42.5 Å². The molecule has 0 saturated heterocycles. The number of aromatic hydroxyl groups is 1. The van der Waals surface area contributed by atoms with E-state index in [0.29, 0.717) is 10.8 Å². The zero-order valence-electron chi connectivity index (χ0n) is 9.72. The summed E-state index contributed by atoms with van der Waals surface area (Å²) in [6.45, 7) is 0. The molecule has 0 aliphatic heterocycles. The molecule has 0 aromatic heterocycles. The lowest BCUT2D eigenvalue weighted by Crippen LogP contribution is -1.97. The summed E-state index contributed by atoms with van der Waals surface area (Å²) in [6.07, 6.45) is 0. The molecular weight excluding hydrogens is 264 g/mol. The number of benzene rings is 3. The predicted octanol–water partition coefficient (Wildman–Crippen LogP) is 4.05. The van der Waals surface area contributed by atoms with Gasteiger partial charge in [0.25, 0.3) is 0 Å². The lowest BCUT2D eigenvalue weighted by molar-refractivity contribution is 0.0694. The molecule has 3 aromatic carbocycles. The van der Waals surface area contributed by atoms with Gasteiger partial charge in [-0.3, -0.25) is 0 Å². The molecule has 0 unspecified atom stereocenters. The second-order valence-electron chi connectivity index (χ2n) is 4.31. The number of aromatic carboxylic acids is 1. The number of hydrogen-bond acceptors (Lipinski definition) is 2. The van der Waals surface area contributed by atoms with Gasteiger partial charge in [-0.05, 0) is 34.4 Å². The first kappa shape index (κ1) is 11.8. The molecule has 0 fully saturated rings. The largest absolute Gasteiger partial charge is 0.505 e. The van der Waals surface area contributed by atoms with Gasteiger partial charge in [-0.15, -0.1) is 0 Å². The van der Waals surface area contributed by atoms with Gasteiger partial charge in [0.05, 0.1) is 5.02 Å². The van der Waals surface area contributed by atoms with Crippen LogP contribution >= 0.6 is 11.6 Å². The Labute approximate surface area is 113 Å². The van der Waals surface area contributed by atoms with Crippen LogP contribution in [0.2, 0.25) is 5.02 Å². The molecule has 94 valence electrons. The number of carboxylic acid groups (broad SMARTS) is 1. The molecule has 0 heterocycles. The van der Waals surface area contributed by atoms with E-state index in [1.54, 1.807) is 0 Å². The summed E-state index contributed by atoms with van der Waals surface area (Å²) >= 11 is 6.06. The Balaban J connectivity index is 2.47. The van der Waals surface area contributed by atoms with Crippen LogP contribution in [-0.4, -0.2) is 16.2 Å². The monoisotopic (exact) mass is 272 g/mol. The maximum atomic E-state index is 11.1. The Bertz CT molecular complexity index is 824. The van der Waals surface area contributed by atoms with E-state index in [9.17, 15) is 9.90 Å². The van der Waals surface area contributed by atoms with Crippen LogP contribution in [0.5, 0.6) is 5.75 Å². The molecule has 0 radical (unpaired) electrons. The SMILES string of the molecule is O=C(O)c1cc2cc3ccccc3cc2c(Cl)c1O. The van der Waals surface area contributed by atoms with Crippen molar-refractivity contribution < 1.29 is 15.0 Å². The molecule has 3 rings (SSSR count). The number of carboxylic acids is 1. The van der Waals surface area contributed by atoms with Crippen LogP contribution in [0, 0.1) is 0 Å². The minimum absolute atomic E-state index is 0.0700. The minimum Gasteiger partial charge on any atom is -0.505 e. The van der Waals surface area contributed by atoms with E-state index >= 15 is 0 Å². The highest BCUT2D eigenvalue weighted by molar-refractivity contribution is 6.38. The van der Waals surface area contributed by atoms with Gasteiger partial charge in [0.2, 0.25) is 0 Å². The first-order valence-corrected chi connectivity index (χ1v) is 6.03. The van der Waals surface area contributed by atoms with E-state index in [-0.39, 0.29) is 10.6 Å². The molecule has 3 aromatic rings. The van der Waals surface area contributed by atoms with Gasteiger partial charge < -0.3 is 10.2 Å². The summed E-state index contributed by atoms with van der Waals surface area (Å²) in [5.41, 5.74) is -0.187. The van der Waals surface area contributed by atoms with Gasteiger partial charge in [-0.2, -0.15) is 0 Å². The van der Waals surface area contributed by atoms with Crippen LogP contribution in [-0.2, 0) is 0 Å². The fourth-order valence-corrected chi connectivity index (χ4v) is 2.47. The molecule has 4 heteroatoms. The molecule has 0 aliphatic carbocycles. The number of fused-ring (bicyclic) bond motifs is 2. The molecule has 0 spiro atoms. The fraction of sp³-hybridized carbons (Fsp3) is 0. The molecule has 3 nitrogen and oxygen atoms in total. The Hall–Kier alpha value is -2.26. The highest BCUT2D eigenvalue weighted by Crippen LogP contribution is 2.37. The van der Waals surface area contributed by atoms with Crippen LogP contribution in [0.4, 0.5) is 0 Å². The van der Waals surface area contributed by atoms with Crippen molar-refractivity contribution >= 4 is 39.1 Å². The molecule has 0 atom stereocenters. The first-order valence-electron chi connectivity index (χ1n) is 5.65. The average molecular weight is 273 g/mol. The summed E-state index contributed by atoms with van der Waals surface area (Å²) < 4.78 is 0. The fourth-order valence-electron chi connectivity index (χ4n) is 2.20. The van der Waals surface area contributed by atoms with Crippen LogP contribution in [0.3, 0.4) is 0 Å². The zero-order chi connectivity index (χ0) is 13.6. The number of hydrogen-bond donors (Lipinski definition) is 2. The van der Waals surface area contributed by atoms with E-state index in [0.717, 1.165) is 10.8 Å². The molecule has 19 heavy (non-hydrogen) atoms. The van der Waals surface area contributed by atoms with Gasteiger partial charge in [-0.25, -0.2) is 4.79 Å². The van der Waals surface area contributed by atoms with Gasteiger partial charge in [-0.1, -0.05) is 35.9 Å². The Kier molecular flexibility index (Phi) is 2.57. The van der Waals surface area contributed by atoms with Crippen molar-refractivity contribution in [2.45, 2.75) is 0 Å². The van der Waals surface area contributed by atoms with Crippen molar-refractivity contribution in [1.82, 2.24) is 0 Å². The van der Waals surface area contributed by atoms with Crippen molar-refractivity contribution in [3.8, 4) is 5.75 Å². The molecule has 2 N–H and O–H groups in total. The van der Waals surface area contributed by atoms with E-state index in [4.69, 9.17) is 16.7 Å². The molecule has 0 saturated carbocycles. The van der Waals surface area contributed by atoms with Gasteiger partial charge >= 0.3 is 5.97 Å². The minimum atomic E-state index is -1.20. The molecular formula is C15H9ClO3. The predicted molar refractivity (Wildman–Crippen MR) is 75.1 cm³/mol. The number of carbonyl (C=O) groups is 1. The Morgan fingerprint density at radius 1 is 1.00 bits per heavy atom. The third kappa shape index (κ3) is 1.79. The summed E-state index contributed by atoms with van der Waals surface area (Å²) in [5.74, 6) is -1.59. The highest BCUT2D eigenvalue weighted by Gasteiger charge is 2.16. The van der Waals surface area contributed by atoms with Gasteiger partial charge in [0.15, 0.2) is 0 Å². The lowest BCUT2D eigenvalue weighted by Gasteiger charge is -2.08. The smallest absolute Gasteiger partial charge is 0.339 e. The first-order chi connectivity index (χ1) is 9.08. The maximum absolute atomic E-state index is 11.1. The average Bonchev–Trinajstić information content (AvgIpc) is 2.41. The summed E-state index contributed by atoms with van der Waals surface area (Å²) in [6, 6.07) is 12.8. The van der Waals surface area contributed by atoms with Crippen molar-refractivity contribution in [2.75, 3.05) is 0 Å². The zero-order valence-corrected chi connectivity index (χ0v) is 10.5. The van der Waals surface area contributed by atoms with E-state index < -0.39 is 11.7 Å². The van der Waals surface area contributed by atoms with E-state index in [1.165, 1.54) is 6.07 Å². The third-order valence-corrected chi connectivity index (χ3v) is 3.53. The number of halogens is 1. The second-order valence-corrected chi connectivity index (χ2v) is 4.69. The second kappa shape index (κ2) is 4.14.